The van der Waals surface area contributed by atoms with Gasteiger partial charge in [0.05, 0.1) is 43.7 Å². The number of rotatable bonds is 5. The van der Waals surface area contributed by atoms with Crippen molar-refractivity contribution in [1.29, 1.82) is 5.26 Å². The van der Waals surface area contributed by atoms with E-state index in [0.717, 1.165) is 0 Å². The average molecular weight is 362 g/mol. The van der Waals surface area contributed by atoms with E-state index in [2.05, 4.69) is 5.32 Å². The van der Waals surface area contributed by atoms with Crippen LogP contribution in [-0.4, -0.2) is 57.5 Å². The predicted octanol–water partition coefficient (Wildman–Crippen LogP) is 1.02. The molecule has 2 saturated heterocycles. The van der Waals surface area contributed by atoms with Crippen molar-refractivity contribution in [3.05, 3.63) is 24.0 Å². The lowest BCUT2D eigenvalue weighted by molar-refractivity contribution is -0.120. The summed E-state index contributed by atoms with van der Waals surface area (Å²) in [6, 6.07) is 6.37. The maximum Gasteiger partial charge on any atom is 0.414 e. The molecular weight excluding hydrogens is 343 g/mol. The molecule has 0 unspecified atom stereocenters. The van der Waals surface area contributed by atoms with E-state index >= 15 is 0 Å². The number of amides is 2. The molecule has 0 aliphatic carbocycles. The van der Waals surface area contributed by atoms with E-state index in [4.69, 9.17) is 14.7 Å². The normalized spacial score (nSPS) is 19.8. The van der Waals surface area contributed by atoms with Crippen LogP contribution < -0.4 is 15.1 Å². The van der Waals surface area contributed by atoms with Gasteiger partial charge in [0.15, 0.2) is 0 Å². The summed E-state index contributed by atoms with van der Waals surface area (Å²) in [5, 5.41) is 11.0. The molecule has 3 rings (SSSR count). The summed E-state index contributed by atoms with van der Waals surface area (Å²) in [6.45, 7) is 2.65. The van der Waals surface area contributed by atoms with Crippen molar-refractivity contribution < 1.29 is 23.5 Å². The van der Waals surface area contributed by atoms with Gasteiger partial charge in [-0.2, -0.15) is 5.26 Å². The van der Waals surface area contributed by atoms with E-state index in [-0.39, 0.29) is 19.5 Å². The molecule has 1 aromatic rings. The fourth-order valence-corrected chi connectivity index (χ4v) is 2.93. The third-order valence-corrected chi connectivity index (χ3v) is 4.24. The summed E-state index contributed by atoms with van der Waals surface area (Å²) < 4.78 is 25.0. The Morgan fingerprint density at radius 1 is 1.38 bits per heavy atom. The first kappa shape index (κ1) is 17.9. The first-order chi connectivity index (χ1) is 12.6. The second kappa shape index (κ2) is 8.01. The highest BCUT2D eigenvalue weighted by molar-refractivity contribution is 5.90. The Hall–Kier alpha value is -2.86. The zero-order valence-electron chi connectivity index (χ0n) is 14.1. The van der Waals surface area contributed by atoms with Crippen LogP contribution in [0.3, 0.4) is 0 Å². The van der Waals surface area contributed by atoms with Gasteiger partial charge in [0.1, 0.15) is 18.3 Å². The van der Waals surface area contributed by atoms with Crippen LogP contribution >= 0.6 is 0 Å². The van der Waals surface area contributed by atoms with Gasteiger partial charge in [0.2, 0.25) is 5.91 Å². The van der Waals surface area contributed by atoms with Gasteiger partial charge in [-0.3, -0.25) is 9.69 Å². The zero-order valence-corrected chi connectivity index (χ0v) is 14.1. The van der Waals surface area contributed by atoms with E-state index in [1.54, 1.807) is 18.2 Å². The molecule has 2 amide bonds. The molecule has 0 aromatic heterocycles. The summed E-state index contributed by atoms with van der Waals surface area (Å²) in [6.07, 6.45) is -1.39. The lowest BCUT2D eigenvalue weighted by Gasteiger charge is -2.29. The van der Waals surface area contributed by atoms with Crippen LogP contribution in [0.4, 0.5) is 20.6 Å². The van der Waals surface area contributed by atoms with Crippen molar-refractivity contribution in [2.45, 2.75) is 12.5 Å². The van der Waals surface area contributed by atoms with Gasteiger partial charge in [-0.05, 0) is 18.2 Å². The monoisotopic (exact) mass is 362 g/mol. The number of benzene rings is 1. The topological polar surface area (TPSA) is 94.9 Å². The molecule has 0 spiro atoms. The average Bonchev–Trinajstić information content (AvgIpc) is 3.02. The number of carbonyl (C=O) groups is 2. The van der Waals surface area contributed by atoms with Crippen molar-refractivity contribution in [1.82, 2.24) is 5.32 Å². The molecular formula is C17H19FN4O4. The summed E-state index contributed by atoms with van der Waals surface area (Å²) in [5.74, 6) is -0.842. The number of halogens is 1. The number of hydrogen-bond acceptors (Lipinski definition) is 6. The number of carbonyl (C=O) groups excluding carboxylic acids is 2. The summed E-state index contributed by atoms with van der Waals surface area (Å²) in [4.78, 5) is 26.6. The highest BCUT2D eigenvalue weighted by Crippen LogP contribution is 2.28. The van der Waals surface area contributed by atoms with Crippen LogP contribution in [0, 0.1) is 17.1 Å². The standard InChI is InChI=1S/C17H19FN4O4/c18-14-9-12(1-2-15(14)21-5-7-25-8-6-21)22-11-13(26-17(22)24)10-20-16(23)3-4-19/h1-2,9,13H,3,5-8,10-11H2,(H,20,23)/t13-/m0/s1. The molecule has 2 heterocycles. The highest BCUT2D eigenvalue weighted by atomic mass is 19.1. The molecule has 9 heteroatoms. The number of hydrogen-bond donors (Lipinski definition) is 1. The Morgan fingerprint density at radius 2 is 2.15 bits per heavy atom. The number of nitriles is 1. The number of anilines is 2. The SMILES string of the molecule is N#CCC(=O)NC[C@H]1CN(c2ccc(N3CCOCC3)c(F)c2)C(=O)O1. The van der Waals surface area contributed by atoms with E-state index in [9.17, 15) is 14.0 Å². The Balaban J connectivity index is 1.63. The van der Waals surface area contributed by atoms with E-state index in [0.29, 0.717) is 37.7 Å². The van der Waals surface area contributed by atoms with Crippen molar-refractivity contribution >= 4 is 23.4 Å². The minimum Gasteiger partial charge on any atom is -0.442 e. The molecule has 1 N–H and O–H groups in total. The maximum absolute atomic E-state index is 14.5. The Morgan fingerprint density at radius 3 is 2.85 bits per heavy atom. The van der Waals surface area contributed by atoms with E-state index < -0.39 is 23.9 Å². The third-order valence-electron chi connectivity index (χ3n) is 4.24. The third kappa shape index (κ3) is 4.03. The second-order valence-electron chi connectivity index (χ2n) is 5.99. The van der Waals surface area contributed by atoms with Gasteiger partial charge in [0.25, 0.3) is 0 Å². The number of nitrogens with one attached hydrogen (secondary N) is 1. The van der Waals surface area contributed by atoms with Crippen LogP contribution in [0.25, 0.3) is 0 Å². The van der Waals surface area contributed by atoms with Crippen LogP contribution in [-0.2, 0) is 14.3 Å². The molecule has 2 aliphatic heterocycles. The predicted molar refractivity (Wildman–Crippen MR) is 90.3 cm³/mol. The lowest BCUT2D eigenvalue weighted by atomic mass is 10.2. The largest absolute Gasteiger partial charge is 0.442 e. The smallest absolute Gasteiger partial charge is 0.414 e. The second-order valence-corrected chi connectivity index (χ2v) is 5.99. The highest BCUT2D eigenvalue weighted by Gasteiger charge is 2.33. The molecule has 1 atom stereocenters. The van der Waals surface area contributed by atoms with Crippen molar-refractivity contribution in [3.8, 4) is 6.07 Å². The van der Waals surface area contributed by atoms with Crippen LogP contribution in [0.1, 0.15) is 6.42 Å². The number of ether oxygens (including phenoxy) is 2. The van der Waals surface area contributed by atoms with Gasteiger partial charge in [0, 0.05) is 13.1 Å². The Labute approximate surface area is 150 Å². The lowest BCUT2D eigenvalue weighted by Crippen LogP contribution is -2.37. The fraction of sp³-hybridized carbons (Fsp3) is 0.471. The fourth-order valence-electron chi connectivity index (χ4n) is 2.93. The first-order valence-corrected chi connectivity index (χ1v) is 8.32. The molecule has 0 bridgehead atoms. The van der Waals surface area contributed by atoms with Gasteiger partial charge >= 0.3 is 6.09 Å². The zero-order chi connectivity index (χ0) is 18.5. The molecule has 2 fully saturated rings. The number of nitrogens with zero attached hydrogens (tertiary/aromatic N) is 3. The van der Waals surface area contributed by atoms with Crippen molar-refractivity contribution in [2.75, 3.05) is 49.2 Å². The summed E-state index contributed by atoms with van der Waals surface area (Å²) >= 11 is 0. The Bertz CT molecular complexity index is 730. The minimum atomic E-state index is -0.594. The van der Waals surface area contributed by atoms with Crippen LogP contribution in [0.2, 0.25) is 0 Å². The quantitative estimate of drug-likeness (QED) is 0.840. The van der Waals surface area contributed by atoms with Gasteiger partial charge in [-0.15, -0.1) is 0 Å². The molecule has 0 saturated carbocycles. The first-order valence-electron chi connectivity index (χ1n) is 8.32. The molecule has 0 radical (unpaired) electrons. The molecule has 8 nitrogen and oxygen atoms in total. The summed E-state index contributed by atoms with van der Waals surface area (Å²) in [5.41, 5.74) is 0.875. The van der Waals surface area contributed by atoms with Crippen LogP contribution in [0.15, 0.2) is 18.2 Å². The molecule has 138 valence electrons. The van der Waals surface area contributed by atoms with Crippen molar-refractivity contribution in [3.63, 3.8) is 0 Å². The van der Waals surface area contributed by atoms with Crippen molar-refractivity contribution in [2.24, 2.45) is 0 Å². The summed E-state index contributed by atoms with van der Waals surface area (Å²) in [7, 11) is 0. The van der Waals surface area contributed by atoms with Gasteiger partial charge in [-0.25, -0.2) is 9.18 Å². The van der Waals surface area contributed by atoms with E-state index in [1.807, 2.05) is 4.90 Å². The van der Waals surface area contributed by atoms with Gasteiger partial charge < -0.3 is 19.7 Å². The maximum atomic E-state index is 14.5. The van der Waals surface area contributed by atoms with Gasteiger partial charge in [-0.1, -0.05) is 0 Å². The van der Waals surface area contributed by atoms with Crippen LogP contribution in [0.5, 0.6) is 0 Å². The molecule has 26 heavy (non-hydrogen) atoms. The van der Waals surface area contributed by atoms with E-state index in [1.165, 1.54) is 11.0 Å². The number of morpholine rings is 1. The molecule has 2 aliphatic rings. The Kier molecular flexibility index (Phi) is 5.53. The number of cyclic esters (lactones) is 1. The minimum absolute atomic E-state index is 0.108. The molecule has 1 aromatic carbocycles.